The Labute approximate surface area is 176 Å². The third kappa shape index (κ3) is 7.31. The molecule has 0 spiro atoms. The second-order valence-electron chi connectivity index (χ2n) is 6.84. The van der Waals surface area contributed by atoms with Crippen LogP contribution in [-0.4, -0.2) is 57.7 Å². The van der Waals surface area contributed by atoms with Crippen LogP contribution in [0.25, 0.3) is 0 Å². The van der Waals surface area contributed by atoms with Gasteiger partial charge < -0.3 is 20.3 Å². The first-order chi connectivity index (χ1) is 12.2. The van der Waals surface area contributed by atoms with Crippen molar-refractivity contribution in [2.75, 3.05) is 46.9 Å². The van der Waals surface area contributed by atoms with Gasteiger partial charge in [-0.3, -0.25) is 4.99 Å². The smallest absolute Gasteiger partial charge is 0.190 e. The highest BCUT2D eigenvalue weighted by molar-refractivity contribution is 14.0. The normalized spacial score (nSPS) is 18.2. The Morgan fingerprint density at radius 1 is 1.35 bits per heavy atom. The van der Waals surface area contributed by atoms with Crippen LogP contribution in [0.3, 0.4) is 0 Å². The number of guanidine groups is 1. The number of nitrogens with one attached hydrogen (secondary N) is 2. The quantitative estimate of drug-likeness (QED) is 0.363. The van der Waals surface area contributed by atoms with E-state index in [-0.39, 0.29) is 24.0 Å². The molecule has 148 valence electrons. The maximum Gasteiger partial charge on any atom is 0.190 e. The number of nitrogens with zero attached hydrogens (tertiary/aromatic N) is 2. The van der Waals surface area contributed by atoms with Crippen molar-refractivity contribution in [3.8, 4) is 5.75 Å². The van der Waals surface area contributed by atoms with E-state index in [0.717, 1.165) is 37.8 Å². The molecule has 1 heterocycles. The average Bonchev–Trinajstić information content (AvgIpc) is 2.65. The van der Waals surface area contributed by atoms with E-state index in [0.29, 0.717) is 5.92 Å². The molecule has 2 rings (SSSR count). The van der Waals surface area contributed by atoms with Gasteiger partial charge in [-0.2, -0.15) is 0 Å². The average molecular weight is 474 g/mol. The molecular formula is C20H35IN4O. The van der Waals surface area contributed by atoms with Crippen molar-refractivity contribution in [1.82, 2.24) is 15.5 Å². The van der Waals surface area contributed by atoms with E-state index >= 15 is 0 Å². The van der Waals surface area contributed by atoms with Crippen molar-refractivity contribution in [2.24, 2.45) is 10.9 Å². The molecule has 26 heavy (non-hydrogen) atoms. The fraction of sp³-hybridized carbons (Fsp3) is 0.650. The first-order valence-corrected chi connectivity index (χ1v) is 9.46. The monoisotopic (exact) mass is 474 g/mol. The molecule has 1 aromatic rings. The van der Waals surface area contributed by atoms with Gasteiger partial charge in [0, 0.05) is 26.7 Å². The summed E-state index contributed by atoms with van der Waals surface area (Å²) in [5, 5.41) is 6.91. The van der Waals surface area contributed by atoms with E-state index in [4.69, 9.17) is 4.74 Å². The Bertz CT molecular complexity index is 565. The minimum Gasteiger partial charge on any atom is -0.496 e. The number of hydrogen-bond acceptors (Lipinski definition) is 3. The molecule has 0 radical (unpaired) electrons. The molecule has 6 heteroatoms. The number of benzene rings is 1. The molecule has 1 aromatic carbocycles. The molecule has 1 atom stereocenters. The summed E-state index contributed by atoms with van der Waals surface area (Å²) in [7, 11) is 3.56. The third-order valence-corrected chi connectivity index (χ3v) is 5.01. The van der Waals surface area contributed by atoms with Crippen LogP contribution in [0.5, 0.6) is 5.75 Å². The predicted molar refractivity (Wildman–Crippen MR) is 121 cm³/mol. The largest absolute Gasteiger partial charge is 0.496 e. The number of ether oxygens (including phenoxy) is 1. The molecular weight excluding hydrogens is 439 g/mol. The van der Waals surface area contributed by atoms with Crippen LogP contribution in [0.1, 0.15) is 30.9 Å². The van der Waals surface area contributed by atoms with Gasteiger partial charge in [-0.05, 0) is 62.4 Å². The maximum atomic E-state index is 5.40. The van der Waals surface area contributed by atoms with Gasteiger partial charge in [0.25, 0.3) is 0 Å². The van der Waals surface area contributed by atoms with E-state index in [9.17, 15) is 0 Å². The zero-order chi connectivity index (χ0) is 18.1. The van der Waals surface area contributed by atoms with Gasteiger partial charge in [0.1, 0.15) is 5.75 Å². The molecule has 1 fully saturated rings. The van der Waals surface area contributed by atoms with Crippen molar-refractivity contribution in [2.45, 2.75) is 33.1 Å². The van der Waals surface area contributed by atoms with E-state index < -0.39 is 0 Å². The number of aryl methyl sites for hydroxylation is 1. The minimum atomic E-state index is 0. The standard InChI is InChI=1S/C20H34N4O.HI/c1-5-24-12-6-7-18(15-24)14-23-20(21-3)22-11-10-17-9-8-16(2)19(13-17)25-4;/h8-9,13,18H,5-7,10-12,14-15H2,1-4H3,(H2,21,22,23);1H. The van der Waals surface area contributed by atoms with E-state index in [2.05, 4.69) is 52.6 Å². The van der Waals surface area contributed by atoms with E-state index in [1.54, 1.807) is 7.11 Å². The number of methoxy groups -OCH3 is 1. The lowest BCUT2D eigenvalue weighted by Crippen LogP contribution is -2.44. The fourth-order valence-corrected chi connectivity index (χ4v) is 3.41. The van der Waals surface area contributed by atoms with Crippen LogP contribution in [0.4, 0.5) is 0 Å². The molecule has 1 saturated heterocycles. The van der Waals surface area contributed by atoms with Crippen LogP contribution in [0.2, 0.25) is 0 Å². The lowest BCUT2D eigenvalue weighted by atomic mass is 9.98. The van der Waals surface area contributed by atoms with Gasteiger partial charge in [0.2, 0.25) is 0 Å². The summed E-state index contributed by atoms with van der Waals surface area (Å²) < 4.78 is 5.40. The van der Waals surface area contributed by atoms with Gasteiger partial charge in [-0.25, -0.2) is 0 Å². The van der Waals surface area contributed by atoms with Crippen molar-refractivity contribution in [1.29, 1.82) is 0 Å². The lowest BCUT2D eigenvalue weighted by Gasteiger charge is -2.32. The van der Waals surface area contributed by atoms with Crippen molar-refractivity contribution < 1.29 is 4.74 Å². The molecule has 1 aliphatic rings. The molecule has 0 saturated carbocycles. The van der Waals surface area contributed by atoms with Gasteiger partial charge in [-0.15, -0.1) is 24.0 Å². The van der Waals surface area contributed by atoms with Crippen LogP contribution in [-0.2, 0) is 6.42 Å². The highest BCUT2D eigenvalue weighted by Gasteiger charge is 2.18. The number of likely N-dealkylation sites (tertiary alicyclic amines) is 1. The molecule has 1 unspecified atom stereocenters. The summed E-state index contributed by atoms with van der Waals surface area (Å²) in [4.78, 5) is 6.89. The first kappa shape index (κ1) is 23.0. The first-order valence-electron chi connectivity index (χ1n) is 9.46. The number of hydrogen-bond donors (Lipinski definition) is 2. The maximum absolute atomic E-state index is 5.40. The Hall–Kier alpha value is -1.02. The van der Waals surface area contributed by atoms with Gasteiger partial charge in [0.15, 0.2) is 5.96 Å². The summed E-state index contributed by atoms with van der Waals surface area (Å²) in [6, 6.07) is 6.40. The second-order valence-corrected chi connectivity index (χ2v) is 6.84. The topological polar surface area (TPSA) is 48.9 Å². The summed E-state index contributed by atoms with van der Waals surface area (Å²) in [6.45, 7) is 9.77. The Balaban J connectivity index is 0.00000338. The predicted octanol–water partition coefficient (Wildman–Crippen LogP) is 3.06. The molecule has 1 aliphatic heterocycles. The zero-order valence-electron chi connectivity index (χ0n) is 16.7. The van der Waals surface area contributed by atoms with E-state index in [1.807, 2.05) is 7.05 Å². The van der Waals surface area contributed by atoms with E-state index in [1.165, 1.54) is 37.1 Å². The minimum absolute atomic E-state index is 0. The molecule has 0 amide bonds. The zero-order valence-corrected chi connectivity index (χ0v) is 19.0. The molecule has 2 N–H and O–H groups in total. The molecule has 0 bridgehead atoms. The number of rotatable bonds is 7. The van der Waals surface area contributed by atoms with Gasteiger partial charge >= 0.3 is 0 Å². The van der Waals surface area contributed by atoms with Crippen molar-refractivity contribution in [3.05, 3.63) is 29.3 Å². The van der Waals surface area contributed by atoms with Crippen LogP contribution in [0, 0.1) is 12.8 Å². The van der Waals surface area contributed by atoms with Crippen LogP contribution >= 0.6 is 24.0 Å². The van der Waals surface area contributed by atoms with Crippen LogP contribution < -0.4 is 15.4 Å². The molecule has 0 aliphatic carbocycles. The van der Waals surface area contributed by atoms with Gasteiger partial charge in [0.05, 0.1) is 7.11 Å². The Morgan fingerprint density at radius 2 is 2.15 bits per heavy atom. The summed E-state index contributed by atoms with van der Waals surface area (Å²) in [5.41, 5.74) is 2.45. The third-order valence-electron chi connectivity index (χ3n) is 5.01. The fourth-order valence-electron chi connectivity index (χ4n) is 3.41. The molecule has 0 aromatic heterocycles. The number of aliphatic imine (C=N–C) groups is 1. The summed E-state index contributed by atoms with van der Waals surface area (Å²) in [6.07, 6.45) is 3.56. The lowest BCUT2D eigenvalue weighted by molar-refractivity contribution is 0.183. The Kier molecular flexibility index (Phi) is 11.0. The van der Waals surface area contributed by atoms with Gasteiger partial charge in [-0.1, -0.05) is 19.1 Å². The summed E-state index contributed by atoms with van der Waals surface area (Å²) in [5.74, 6) is 2.57. The molecule has 5 nitrogen and oxygen atoms in total. The van der Waals surface area contributed by atoms with Crippen molar-refractivity contribution in [3.63, 3.8) is 0 Å². The van der Waals surface area contributed by atoms with Crippen molar-refractivity contribution >= 4 is 29.9 Å². The SMILES string of the molecule is CCN1CCCC(CNC(=NC)NCCc2ccc(C)c(OC)c2)C1.I. The highest BCUT2D eigenvalue weighted by atomic mass is 127. The Morgan fingerprint density at radius 3 is 2.85 bits per heavy atom. The number of halogens is 1. The number of piperidine rings is 1. The summed E-state index contributed by atoms with van der Waals surface area (Å²) >= 11 is 0. The second kappa shape index (κ2) is 12.4. The highest BCUT2D eigenvalue weighted by Crippen LogP contribution is 2.19. The van der Waals surface area contributed by atoms with Crippen LogP contribution in [0.15, 0.2) is 23.2 Å².